The van der Waals surface area contributed by atoms with E-state index in [0.29, 0.717) is 13.0 Å². The van der Waals surface area contributed by atoms with E-state index in [1.165, 1.54) is 0 Å². The van der Waals surface area contributed by atoms with E-state index >= 15 is 0 Å². The minimum atomic E-state index is -0.184. The van der Waals surface area contributed by atoms with Crippen molar-refractivity contribution in [2.75, 3.05) is 13.7 Å². The molecule has 0 bridgehead atoms. The Morgan fingerprint density at radius 1 is 1.08 bits per heavy atom. The van der Waals surface area contributed by atoms with Gasteiger partial charge in [-0.2, -0.15) is 0 Å². The molecule has 4 nitrogen and oxygen atoms in total. The molecule has 0 saturated heterocycles. The van der Waals surface area contributed by atoms with Crippen molar-refractivity contribution >= 4 is 18.3 Å². The molecule has 0 aliphatic heterocycles. The quantitative estimate of drug-likeness (QED) is 0.805. The highest BCUT2D eigenvalue weighted by Crippen LogP contribution is 2.21. The van der Waals surface area contributed by atoms with Crippen LogP contribution in [-0.2, 0) is 4.79 Å². The average molecular weight is 349 g/mol. The highest BCUT2D eigenvalue weighted by molar-refractivity contribution is 5.85. The van der Waals surface area contributed by atoms with E-state index in [9.17, 15) is 4.79 Å². The first-order valence-electron chi connectivity index (χ1n) is 7.81. The molecule has 0 fully saturated rings. The second kappa shape index (κ2) is 9.96. The number of nitrogens with two attached hydrogens (primary N) is 1. The number of hydrogen-bond acceptors (Lipinski definition) is 3. The lowest BCUT2D eigenvalue weighted by molar-refractivity contribution is -0.121. The summed E-state index contributed by atoms with van der Waals surface area (Å²) >= 11 is 0. The SMILES string of the molecule is COc1ccc(C(C)CC(=O)NCC(N)c2ccccc2)cc1.Cl. The molecule has 130 valence electrons. The lowest BCUT2D eigenvalue weighted by atomic mass is 9.97. The van der Waals surface area contributed by atoms with Crippen LogP contribution in [0.1, 0.15) is 36.4 Å². The molecule has 2 unspecified atom stereocenters. The number of ether oxygens (including phenoxy) is 1. The van der Waals surface area contributed by atoms with Gasteiger partial charge in [-0.05, 0) is 29.2 Å². The van der Waals surface area contributed by atoms with E-state index < -0.39 is 0 Å². The molecule has 0 radical (unpaired) electrons. The van der Waals surface area contributed by atoms with Gasteiger partial charge in [0.05, 0.1) is 7.11 Å². The van der Waals surface area contributed by atoms with Crippen LogP contribution in [-0.4, -0.2) is 19.6 Å². The molecule has 0 saturated carbocycles. The Morgan fingerprint density at radius 3 is 2.29 bits per heavy atom. The number of hydrogen-bond donors (Lipinski definition) is 2. The molecular formula is C19H25ClN2O2. The predicted octanol–water partition coefficient (Wildman–Crippen LogP) is 3.43. The van der Waals surface area contributed by atoms with Crippen LogP contribution >= 0.6 is 12.4 Å². The number of methoxy groups -OCH3 is 1. The minimum absolute atomic E-state index is 0. The Hall–Kier alpha value is -2.04. The van der Waals surface area contributed by atoms with Crippen molar-refractivity contribution in [3.8, 4) is 5.75 Å². The molecule has 2 aromatic carbocycles. The maximum Gasteiger partial charge on any atom is 0.220 e. The summed E-state index contributed by atoms with van der Waals surface area (Å²) in [7, 11) is 1.64. The number of benzene rings is 2. The summed E-state index contributed by atoms with van der Waals surface area (Å²) in [6.45, 7) is 2.48. The first-order chi connectivity index (χ1) is 11.1. The Bertz CT molecular complexity index is 617. The van der Waals surface area contributed by atoms with Gasteiger partial charge in [0.1, 0.15) is 5.75 Å². The van der Waals surface area contributed by atoms with Crippen LogP contribution in [0.25, 0.3) is 0 Å². The van der Waals surface area contributed by atoms with Gasteiger partial charge in [0.25, 0.3) is 0 Å². The van der Waals surface area contributed by atoms with Crippen LogP contribution in [0.3, 0.4) is 0 Å². The van der Waals surface area contributed by atoms with E-state index in [1.54, 1.807) is 7.11 Å². The molecule has 0 aliphatic rings. The Balaban J connectivity index is 0.00000288. The maximum atomic E-state index is 12.1. The van der Waals surface area contributed by atoms with Crippen LogP contribution in [0, 0.1) is 0 Å². The van der Waals surface area contributed by atoms with Crippen LogP contribution in [0.4, 0.5) is 0 Å². The summed E-state index contributed by atoms with van der Waals surface area (Å²) in [5.41, 5.74) is 8.23. The smallest absolute Gasteiger partial charge is 0.220 e. The molecule has 24 heavy (non-hydrogen) atoms. The van der Waals surface area contributed by atoms with Crippen molar-refractivity contribution < 1.29 is 9.53 Å². The third-order valence-electron chi connectivity index (χ3n) is 3.92. The summed E-state index contributed by atoms with van der Waals surface area (Å²) in [5.74, 6) is 0.979. The van der Waals surface area contributed by atoms with Crippen LogP contribution < -0.4 is 15.8 Å². The van der Waals surface area contributed by atoms with Gasteiger partial charge in [0.2, 0.25) is 5.91 Å². The lowest BCUT2D eigenvalue weighted by Gasteiger charge is -2.15. The fraction of sp³-hybridized carbons (Fsp3) is 0.316. The molecule has 2 rings (SSSR count). The van der Waals surface area contributed by atoms with Gasteiger partial charge in [-0.3, -0.25) is 4.79 Å². The van der Waals surface area contributed by atoms with E-state index in [2.05, 4.69) is 5.32 Å². The van der Waals surface area contributed by atoms with E-state index in [1.807, 2.05) is 61.5 Å². The topological polar surface area (TPSA) is 64.3 Å². The molecule has 2 aromatic rings. The van der Waals surface area contributed by atoms with Crippen molar-refractivity contribution in [2.24, 2.45) is 5.73 Å². The zero-order valence-corrected chi connectivity index (χ0v) is 14.9. The molecule has 0 aromatic heterocycles. The minimum Gasteiger partial charge on any atom is -0.497 e. The predicted molar refractivity (Wildman–Crippen MR) is 99.7 cm³/mol. The Morgan fingerprint density at radius 2 is 1.71 bits per heavy atom. The second-order valence-electron chi connectivity index (χ2n) is 5.70. The summed E-state index contributed by atoms with van der Waals surface area (Å²) < 4.78 is 5.14. The van der Waals surface area contributed by atoms with Gasteiger partial charge in [0.15, 0.2) is 0 Å². The van der Waals surface area contributed by atoms with E-state index in [4.69, 9.17) is 10.5 Å². The van der Waals surface area contributed by atoms with Gasteiger partial charge in [0, 0.05) is 19.0 Å². The summed E-state index contributed by atoms with van der Waals surface area (Å²) in [6.07, 6.45) is 0.438. The maximum absolute atomic E-state index is 12.1. The largest absolute Gasteiger partial charge is 0.497 e. The highest BCUT2D eigenvalue weighted by Gasteiger charge is 2.13. The number of rotatable bonds is 7. The number of nitrogens with one attached hydrogen (secondary N) is 1. The average Bonchev–Trinajstić information content (AvgIpc) is 2.60. The van der Waals surface area contributed by atoms with Crippen molar-refractivity contribution in [1.29, 1.82) is 0 Å². The van der Waals surface area contributed by atoms with Crippen molar-refractivity contribution in [2.45, 2.75) is 25.3 Å². The van der Waals surface area contributed by atoms with Crippen LogP contribution in [0.5, 0.6) is 5.75 Å². The van der Waals surface area contributed by atoms with E-state index in [0.717, 1.165) is 16.9 Å². The zero-order valence-electron chi connectivity index (χ0n) is 14.1. The standard InChI is InChI=1S/C19H24N2O2.ClH/c1-14(15-8-10-17(23-2)11-9-15)12-19(22)21-13-18(20)16-6-4-3-5-7-16;/h3-11,14,18H,12-13,20H2,1-2H3,(H,21,22);1H. The van der Waals surface area contributed by atoms with Crippen molar-refractivity contribution in [3.05, 3.63) is 65.7 Å². The number of halogens is 1. The molecule has 0 spiro atoms. The third kappa shape index (κ3) is 5.87. The summed E-state index contributed by atoms with van der Waals surface area (Å²) in [4.78, 5) is 12.1. The lowest BCUT2D eigenvalue weighted by Crippen LogP contribution is -2.32. The number of carbonyl (C=O) groups excluding carboxylic acids is 1. The monoisotopic (exact) mass is 348 g/mol. The fourth-order valence-electron chi connectivity index (χ4n) is 2.44. The summed E-state index contributed by atoms with van der Waals surface area (Å²) in [6, 6.07) is 17.4. The first-order valence-corrected chi connectivity index (χ1v) is 7.81. The number of amides is 1. The number of carbonyl (C=O) groups is 1. The van der Waals surface area contributed by atoms with Gasteiger partial charge in [-0.25, -0.2) is 0 Å². The van der Waals surface area contributed by atoms with Gasteiger partial charge >= 0.3 is 0 Å². The van der Waals surface area contributed by atoms with Crippen molar-refractivity contribution in [1.82, 2.24) is 5.32 Å². The molecule has 1 amide bonds. The first kappa shape index (κ1) is 20.0. The molecule has 0 aliphatic carbocycles. The van der Waals surface area contributed by atoms with Gasteiger partial charge < -0.3 is 15.8 Å². The zero-order chi connectivity index (χ0) is 16.7. The molecule has 0 heterocycles. The Kier molecular flexibility index (Phi) is 8.30. The molecule has 3 N–H and O–H groups in total. The normalized spacial score (nSPS) is 12.6. The van der Waals surface area contributed by atoms with E-state index in [-0.39, 0.29) is 30.3 Å². The molecular weight excluding hydrogens is 324 g/mol. The van der Waals surface area contributed by atoms with Crippen molar-refractivity contribution in [3.63, 3.8) is 0 Å². The highest BCUT2D eigenvalue weighted by atomic mass is 35.5. The summed E-state index contributed by atoms with van der Waals surface area (Å²) in [5, 5.41) is 2.92. The van der Waals surface area contributed by atoms with Crippen LogP contribution in [0.2, 0.25) is 0 Å². The second-order valence-corrected chi connectivity index (χ2v) is 5.70. The fourth-order valence-corrected chi connectivity index (χ4v) is 2.44. The molecule has 2 atom stereocenters. The third-order valence-corrected chi connectivity index (χ3v) is 3.92. The van der Waals surface area contributed by atoms with Crippen LogP contribution in [0.15, 0.2) is 54.6 Å². The van der Waals surface area contributed by atoms with Gasteiger partial charge in [-0.1, -0.05) is 49.4 Å². The molecule has 5 heteroatoms. The Labute approximate surface area is 149 Å². The van der Waals surface area contributed by atoms with Gasteiger partial charge in [-0.15, -0.1) is 12.4 Å².